The molecule has 0 unspecified atom stereocenters. The molecule has 2 atom stereocenters. The monoisotopic (exact) mass is 247 g/mol. The molecular weight excluding hydrogens is 234 g/mol. The number of aromatic nitrogens is 2. The third-order valence-electron chi connectivity index (χ3n) is 2.61. The predicted octanol–water partition coefficient (Wildman–Crippen LogP) is -1.85. The van der Waals surface area contributed by atoms with Gasteiger partial charge in [-0.15, -0.1) is 0 Å². The van der Waals surface area contributed by atoms with E-state index in [4.69, 9.17) is 0 Å². The molecule has 0 radical (unpaired) electrons. The van der Waals surface area contributed by atoms with E-state index in [1.165, 1.54) is 24.0 Å². The quantitative estimate of drug-likeness (QED) is 0.639. The summed E-state index contributed by atoms with van der Waals surface area (Å²) < 4.78 is 26.4. The minimum atomic E-state index is -3.68. The topological polar surface area (TPSA) is 95.7 Å². The molecule has 8 heteroatoms. The highest BCUT2D eigenvalue weighted by Crippen LogP contribution is 2.20. The summed E-state index contributed by atoms with van der Waals surface area (Å²) in [6.07, 6.45) is -0.665. The van der Waals surface area contributed by atoms with Crippen molar-refractivity contribution in [2.24, 2.45) is 7.05 Å². The van der Waals surface area contributed by atoms with Gasteiger partial charge in [0.25, 0.3) is 10.0 Å². The van der Waals surface area contributed by atoms with Gasteiger partial charge < -0.3 is 10.2 Å². The first-order valence-electron chi connectivity index (χ1n) is 4.77. The Morgan fingerprint density at radius 1 is 1.38 bits per heavy atom. The van der Waals surface area contributed by atoms with E-state index in [1.807, 2.05) is 0 Å². The van der Waals surface area contributed by atoms with Crippen LogP contribution in [0.4, 0.5) is 0 Å². The van der Waals surface area contributed by atoms with Crippen molar-refractivity contribution in [1.29, 1.82) is 0 Å². The van der Waals surface area contributed by atoms with Crippen molar-refractivity contribution in [3.8, 4) is 0 Å². The highest BCUT2D eigenvalue weighted by Gasteiger charge is 2.38. The number of hydrogen-bond acceptors (Lipinski definition) is 5. The van der Waals surface area contributed by atoms with Crippen molar-refractivity contribution < 1.29 is 18.6 Å². The van der Waals surface area contributed by atoms with Crippen molar-refractivity contribution >= 4 is 10.0 Å². The number of aliphatic hydroxyl groups excluding tert-OH is 2. The molecule has 2 heterocycles. The van der Waals surface area contributed by atoms with Crippen LogP contribution >= 0.6 is 0 Å². The van der Waals surface area contributed by atoms with E-state index in [1.54, 1.807) is 0 Å². The molecule has 1 saturated heterocycles. The summed E-state index contributed by atoms with van der Waals surface area (Å²) in [5, 5.41) is 22.5. The van der Waals surface area contributed by atoms with Gasteiger partial charge in [0.15, 0.2) is 5.03 Å². The molecule has 16 heavy (non-hydrogen) atoms. The van der Waals surface area contributed by atoms with Gasteiger partial charge in [0.2, 0.25) is 0 Å². The van der Waals surface area contributed by atoms with Gasteiger partial charge in [-0.05, 0) is 6.07 Å². The molecule has 0 amide bonds. The van der Waals surface area contributed by atoms with E-state index in [9.17, 15) is 18.6 Å². The normalized spacial score (nSPS) is 27.4. The van der Waals surface area contributed by atoms with Crippen molar-refractivity contribution in [2.45, 2.75) is 17.2 Å². The average Bonchev–Trinajstić information content (AvgIpc) is 2.75. The SMILES string of the molecule is Cn1nccc1S(=O)(=O)N1C[C@@H](O)[C@@H](O)C1. The zero-order chi connectivity index (χ0) is 11.9. The molecule has 2 rings (SSSR count). The van der Waals surface area contributed by atoms with Crippen LogP contribution in [0.5, 0.6) is 0 Å². The van der Waals surface area contributed by atoms with Crippen LogP contribution in [0.1, 0.15) is 0 Å². The Hall–Kier alpha value is -0.960. The third kappa shape index (κ3) is 1.73. The van der Waals surface area contributed by atoms with Crippen molar-refractivity contribution in [3.05, 3.63) is 12.3 Å². The maximum Gasteiger partial charge on any atom is 0.260 e. The minimum absolute atomic E-state index is 0.0498. The Kier molecular flexibility index (Phi) is 2.74. The fourth-order valence-electron chi connectivity index (χ4n) is 1.68. The average molecular weight is 247 g/mol. The Balaban J connectivity index is 2.31. The molecule has 7 nitrogen and oxygen atoms in total. The predicted molar refractivity (Wildman–Crippen MR) is 54.0 cm³/mol. The number of aryl methyl sites for hydroxylation is 1. The zero-order valence-corrected chi connectivity index (χ0v) is 9.50. The van der Waals surface area contributed by atoms with E-state index < -0.39 is 22.2 Å². The number of nitrogens with zero attached hydrogens (tertiary/aromatic N) is 3. The summed E-state index contributed by atoms with van der Waals surface area (Å²) in [5.41, 5.74) is 0. The van der Waals surface area contributed by atoms with Gasteiger partial charge in [-0.25, -0.2) is 8.42 Å². The van der Waals surface area contributed by atoms with Gasteiger partial charge >= 0.3 is 0 Å². The smallest absolute Gasteiger partial charge is 0.260 e. The van der Waals surface area contributed by atoms with E-state index in [0.29, 0.717) is 0 Å². The van der Waals surface area contributed by atoms with Crippen LogP contribution < -0.4 is 0 Å². The summed E-state index contributed by atoms with van der Waals surface area (Å²) in [7, 11) is -2.15. The van der Waals surface area contributed by atoms with Crippen LogP contribution in [0.3, 0.4) is 0 Å². The Bertz CT molecular complexity index is 473. The number of aliphatic hydroxyl groups is 2. The van der Waals surface area contributed by atoms with Crippen molar-refractivity contribution in [2.75, 3.05) is 13.1 Å². The Morgan fingerprint density at radius 2 is 1.94 bits per heavy atom. The molecule has 1 aromatic heterocycles. The largest absolute Gasteiger partial charge is 0.389 e. The molecule has 0 spiro atoms. The van der Waals surface area contributed by atoms with Crippen LogP contribution in [0.2, 0.25) is 0 Å². The summed E-state index contributed by atoms with van der Waals surface area (Å²) in [6.45, 7) is -0.177. The number of rotatable bonds is 2. The lowest BCUT2D eigenvalue weighted by molar-refractivity contribution is 0.0572. The van der Waals surface area contributed by atoms with Crippen LogP contribution in [-0.2, 0) is 17.1 Å². The third-order valence-corrected chi connectivity index (χ3v) is 4.51. The lowest BCUT2D eigenvalue weighted by Gasteiger charge is -2.15. The summed E-state index contributed by atoms with van der Waals surface area (Å²) in [4.78, 5) is 0. The highest BCUT2D eigenvalue weighted by molar-refractivity contribution is 7.89. The van der Waals surface area contributed by atoms with Crippen molar-refractivity contribution in [3.63, 3.8) is 0 Å². The summed E-state index contributed by atoms with van der Waals surface area (Å²) in [6, 6.07) is 1.38. The van der Waals surface area contributed by atoms with E-state index in [0.717, 1.165) is 4.31 Å². The van der Waals surface area contributed by atoms with Gasteiger partial charge in [-0.2, -0.15) is 9.40 Å². The van der Waals surface area contributed by atoms with Gasteiger partial charge in [-0.3, -0.25) is 4.68 Å². The number of β-amino-alcohol motifs (C(OH)–C–C–N with tert-alkyl or cyclic N) is 2. The maximum atomic E-state index is 12.1. The Labute approximate surface area is 93.0 Å². The molecule has 1 aliphatic rings. The second kappa shape index (κ2) is 3.81. The fraction of sp³-hybridized carbons (Fsp3) is 0.625. The molecule has 2 N–H and O–H groups in total. The van der Waals surface area contributed by atoms with Gasteiger partial charge in [-0.1, -0.05) is 0 Å². The minimum Gasteiger partial charge on any atom is -0.389 e. The lowest BCUT2D eigenvalue weighted by atomic mass is 10.3. The number of sulfonamides is 1. The maximum absolute atomic E-state index is 12.1. The van der Waals surface area contributed by atoms with E-state index in [-0.39, 0.29) is 18.1 Å². The molecule has 0 aliphatic carbocycles. The van der Waals surface area contributed by atoms with Crippen LogP contribution in [-0.4, -0.2) is 58.0 Å². The lowest BCUT2D eigenvalue weighted by Crippen LogP contribution is -2.31. The van der Waals surface area contributed by atoms with E-state index >= 15 is 0 Å². The van der Waals surface area contributed by atoms with Gasteiger partial charge in [0.1, 0.15) is 0 Å². The molecule has 1 aromatic rings. The molecule has 1 fully saturated rings. The van der Waals surface area contributed by atoms with Crippen LogP contribution in [0.25, 0.3) is 0 Å². The molecule has 90 valence electrons. The molecule has 1 aliphatic heterocycles. The van der Waals surface area contributed by atoms with Crippen LogP contribution in [0, 0.1) is 0 Å². The highest BCUT2D eigenvalue weighted by atomic mass is 32.2. The molecule has 0 aromatic carbocycles. The standard InChI is InChI=1S/C8H13N3O4S/c1-10-8(2-3-9-10)16(14,15)11-4-6(12)7(13)5-11/h2-3,6-7,12-13H,4-5H2,1H3/t6-,7+. The summed E-state index contributed by atoms with van der Waals surface area (Å²) in [5.74, 6) is 0. The zero-order valence-electron chi connectivity index (χ0n) is 8.68. The second-order valence-electron chi connectivity index (χ2n) is 3.75. The van der Waals surface area contributed by atoms with Gasteiger partial charge in [0.05, 0.1) is 18.4 Å². The Morgan fingerprint density at radius 3 is 2.38 bits per heavy atom. The first kappa shape index (κ1) is 11.5. The molecule has 0 bridgehead atoms. The second-order valence-corrected chi connectivity index (χ2v) is 5.63. The molecular formula is C8H13N3O4S. The van der Waals surface area contributed by atoms with E-state index in [2.05, 4.69) is 5.10 Å². The first-order valence-corrected chi connectivity index (χ1v) is 6.21. The summed E-state index contributed by atoms with van der Waals surface area (Å²) >= 11 is 0. The van der Waals surface area contributed by atoms with Gasteiger partial charge in [0, 0.05) is 20.1 Å². The fourth-order valence-corrected chi connectivity index (χ4v) is 3.25. The van der Waals surface area contributed by atoms with Crippen molar-refractivity contribution in [1.82, 2.24) is 14.1 Å². The van der Waals surface area contributed by atoms with Crippen LogP contribution in [0.15, 0.2) is 17.3 Å². The molecule has 0 saturated carbocycles. The first-order chi connectivity index (χ1) is 7.43. The number of hydrogen-bond donors (Lipinski definition) is 2.